The zero-order valence-corrected chi connectivity index (χ0v) is 20.3. The lowest BCUT2D eigenvalue weighted by atomic mass is 10.1. The first-order chi connectivity index (χ1) is 17.9. The van der Waals surface area contributed by atoms with Crippen LogP contribution in [0.2, 0.25) is 0 Å². The SMILES string of the molecule is COc1ccc(C=NNC(=O)COc2ccc3ccccc3c2)cc1COc1ccc([N+](=O)[O-])c(C)c1. The molecule has 4 aromatic carbocycles. The minimum Gasteiger partial charge on any atom is -0.496 e. The van der Waals surface area contributed by atoms with Crippen molar-refractivity contribution in [2.24, 2.45) is 5.10 Å². The molecule has 0 saturated carbocycles. The number of hydrogen-bond acceptors (Lipinski definition) is 7. The van der Waals surface area contributed by atoms with Crippen molar-refractivity contribution in [1.29, 1.82) is 0 Å². The Morgan fingerprint density at radius 3 is 2.49 bits per heavy atom. The highest BCUT2D eigenvalue weighted by Gasteiger charge is 2.12. The maximum atomic E-state index is 12.2. The van der Waals surface area contributed by atoms with Gasteiger partial charge in [-0.1, -0.05) is 30.3 Å². The lowest BCUT2D eigenvalue weighted by Gasteiger charge is -2.11. The second-order valence-corrected chi connectivity index (χ2v) is 8.16. The molecule has 0 unspecified atom stereocenters. The Bertz CT molecular complexity index is 1470. The number of aryl methyl sites for hydroxylation is 1. The van der Waals surface area contributed by atoms with Crippen molar-refractivity contribution in [2.45, 2.75) is 13.5 Å². The minimum absolute atomic E-state index is 0.0350. The van der Waals surface area contributed by atoms with Crippen LogP contribution in [-0.4, -0.2) is 30.8 Å². The molecule has 0 aliphatic heterocycles. The van der Waals surface area contributed by atoms with Crippen molar-refractivity contribution < 1.29 is 23.9 Å². The fourth-order valence-electron chi connectivity index (χ4n) is 3.69. The molecule has 188 valence electrons. The Balaban J connectivity index is 1.33. The van der Waals surface area contributed by atoms with Crippen molar-refractivity contribution in [3.63, 3.8) is 0 Å². The zero-order chi connectivity index (χ0) is 26.2. The van der Waals surface area contributed by atoms with Crippen LogP contribution in [0, 0.1) is 17.0 Å². The fourth-order valence-corrected chi connectivity index (χ4v) is 3.69. The average molecular weight is 500 g/mol. The number of hydrogen-bond donors (Lipinski definition) is 1. The molecule has 4 aromatic rings. The number of fused-ring (bicyclic) bond motifs is 1. The molecule has 1 N–H and O–H groups in total. The maximum Gasteiger partial charge on any atom is 0.277 e. The van der Waals surface area contributed by atoms with Crippen LogP contribution >= 0.6 is 0 Å². The third kappa shape index (κ3) is 6.61. The van der Waals surface area contributed by atoms with E-state index in [0.717, 1.165) is 21.9 Å². The molecule has 0 fully saturated rings. The Morgan fingerprint density at radius 2 is 1.73 bits per heavy atom. The van der Waals surface area contributed by atoms with Crippen molar-refractivity contribution in [2.75, 3.05) is 13.7 Å². The van der Waals surface area contributed by atoms with E-state index < -0.39 is 10.8 Å². The van der Waals surface area contributed by atoms with Crippen molar-refractivity contribution in [1.82, 2.24) is 5.43 Å². The molecule has 9 nitrogen and oxygen atoms in total. The number of carbonyl (C=O) groups is 1. The summed E-state index contributed by atoms with van der Waals surface area (Å²) in [4.78, 5) is 22.7. The number of nitro benzene ring substituents is 1. The third-order valence-corrected chi connectivity index (χ3v) is 5.56. The fraction of sp³-hybridized carbons (Fsp3) is 0.143. The highest BCUT2D eigenvalue weighted by Crippen LogP contribution is 2.26. The number of methoxy groups -OCH3 is 1. The van der Waals surface area contributed by atoms with Gasteiger partial charge in [0.1, 0.15) is 23.9 Å². The smallest absolute Gasteiger partial charge is 0.277 e. The molecule has 0 bridgehead atoms. The predicted molar refractivity (Wildman–Crippen MR) is 140 cm³/mol. The van der Waals surface area contributed by atoms with Gasteiger partial charge in [0.2, 0.25) is 0 Å². The summed E-state index contributed by atoms with van der Waals surface area (Å²) in [6.07, 6.45) is 1.51. The number of carbonyl (C=O) groups excluding carboxylic acids is 1. The molecule has 0 aromatic heterocycles. The van der Waals surface area contributed by atoms with Gasteiger partial charge >= 0.3 is 0 Å². The molecule has 1 amide bonds. The summed E-state index contributed by atoms with van der Waals surface area (Å²) in [7, 11) is 1.55. The van der Waals surface area contributed by atoms with E-state index in [1.165, 1.54) is 12.3 Å². The molecule has 0 atom stereocenters. The highest BCUT2D eigenvalue weighted by molar-refractivity contribution is 5.85. The first kappa shape index (κ1) is 25.2. The van der Waals surface area contributed by atoms with Gasteiger partial charge in [0.25, 0.3) is 11.6 Å². The van der Waals surface area contributed by atoms with Crippen LogP contribution < -0.4 is 19.6 Å². The number of nitrogens with one attached hydrogen (secondary N) is 1. The van der Waals surface area contributed by atoms with Crippen LogP contribution in [0.5, 0.6) is 17.2 Å². The van der Waals surface area contributed by atoms with Crippen molar-refractivity contribution in [3.8, 4) is 17.2 Å². The molecule has 0 spiro atoms. The van der Waals surface area contributed by atoms with Crippen LogP contribution in [-0.2, 0) is 11.4 Å². The first-order valence-corrected chi connectivity index (χ1v) is 11.4. The molecule has 0 saturated heterocycles. The standard InChI is InChI=1S/C28H25N3O6/c1-19-13-24(10-11-26(19)31(33)34)36-17-23-14-20(7-12-27(23)35-2)16-29-30-28(32)18-37-25-9-8-21-5-3-4-6-22(21)15-25/h3-16H,17-18H2,1-2H3,(H,30,32). The van der Waals surface area contributed by atoms with E-state index in [1.807, 2.05) is 48.5 Å². The van der Waals surface area contributed by atoms with Crippen molar-refractivity contribution >= 4 is 28.6 Å². The lowest BCUT2D eigenvalue weighted by Crippen LogP contribution is -2.24. The number of rotatable bonds is 10. The molecule has 0 heterocycles. The summed E-state index contributed by atoms with van der Waals surface area (Å²) in [6.45, 7) is 1.66. The molecular weight excluding hydrogens is 474 g/mol. The highest BCUT2D eigenvalue weighted by atomic mass is 16.6. The van der Waals surface area contributed by atoms with E-state index in [2.05, 4.69) is 10.5 Å². The Labute approximate surface area is 213 Å². The molecular formula is C28H25N3O6. The summed E-state index contributed by atoms with van der Waals surface area (Å²) >= 11 is 0. The van der Waals surface area contributed by atoms with E-state index in [1.54, 1.807) is 38.3 Å². The minimum atomic E-state index is -0.431. The molecule has 0 aliphatic carbocycles. The summed E-state index contributed by atoms with van der Waals surface area (Å²) in [5.74, 6) is 1.32. The largest absolute Gasteiger partial charge is 0.496 e. The van der Waals surface area contributed by atoms with Crippen LogP contribution in [0.3, 0.4) is 0 Å². The summed E-state index contributed by atoms with van der Waals surface area (Å²) in [6, 6.07) is 23.5. The monoisotopic (exact) mass is 499 g/mol. The summed E-state index contributed by atoms with van der Waals surface area (Å²) in [5.41, 5.74) is 4.46. The number of amides is 1. The number of nitrogens with zero attached hydrogens (tertiary/aromatic N) is 2. The summed E-state index contributed by atoms with van der Waals surface area (Å²) in [5, 5.41) is 17.1. The van der Waals surface area contributed by atoms with E-state index in [4.69, 9.17) is 14.2 Å². The Hall–Kier alpha value is -4.92. The van der Waals surface area contributed by atoms with Gasteiger partial charge in [0.15, 0.2) is 6.61 Å². The Kier molecular flexibility index (Phi) is 7.95. The van der Waals surface area contributed by atoms with Gasteiger partial charge in [-0.3, -0.25) is 14.9 Å². The second kappa shape index (κ2) is 11.7. The van der Waals surface area contributed by atoms with E-state index in [0.29, 0.717) is 22.8 Å². The Morgan fingerprint density at radius 1 is 0.973 bits per heavy atom. The normalized spacial score (nSPS) is 10.9. The average Bonchev–Trinajstić information content (AvgIpc) is 2.90. The van der Waals surface area contributed by atoms with Gasteiger partial charge in [0.05, 0.1) is 18.2 Å². The lowest BCUT2D eigenvalue weighted by molar-refractivity contribution is -0.385. The van der Waals surface area contributed by atoms with E-state index in [-0.39, 0.29) is 18.9 Å². The summed E-state index contributed by atoms with van der Waals surface area (Å²) < 4.78 is 16.8. The van der Waals surface area contributed by atoms with Gasteiger partial charge in [-0.25, -0.2) is 5.43 Å². The molecule has 0 aliphatic rings. The second-order valence-electron chi connectivity index (χ2n) is 8.16. The maximum absolute atomic E-state index is 12.2. The molecule has 4 rings (SSSR count). The molecule has 9 heteroatoms. The quantitative estimate of drug-likeness (QED) is 0.183. The molecule has 37 heavy (non-hydrogen) atoms. The molecule has 0 radical (unpaired) electrons. The van der Waals surface area contributed by atoms with Crippen LogP contribution in [0.1, 0.15) is 16.7 Å². The van der Waals surface area contributed by atoms with Gasteiger partial charge in [-0.15, -0.1) is 0 Å². The number of hydrazone groups is 1. The van der Waals surface area contributed by atoms with E-state index >= 15 is 0 Å². The van der Waals surface area contributed by atoms with E-state index in [9.17, 15) is 14.9 Å². The zero-order valence-electron chi connectivity index (χ0n) is 20.3. The number of ether oxygens (including phenoxy) is 3. The van der Waals surface area contributed by atoms with Gasteiger partial charge in [0, 0.05) is 17.2 Å². The van der Waals surface area contributed by atoms with Crippen LogP contribution in [0.15, 0.2) is 84.0 Å². The van der Waals surface area contributed by atoms with Crippen LogP contribution in [0.4, 0.5) is 5.69 Å². The first-order valence-electron chi connectivity index (χ1n) is 11.4. The van der Waals surface area contributed by atoms with Gasteiger partial charge < -0.3 is 14.2 Å². The predicted octanol–water partition coefficient (Wildman–Crippen LogP) is 5.17. The third-order valence-electron chi connectivity index (χ3n) is 5.56. The van der Waals surface area contributed by atoms with Gasteiger partial charge in [-0.05, 0) is 65.7 Å². The number of nitro groups is 1. The topological polar surface area (TPSA) is 112 Å². The van der Waals surface area contributed by atoms with Gasteiger partial charge in [-0.2, -0.15) is 5.10 Å². The van der Waals surface area contributed by atoms with Crippen LogP contribution in [0.25, 0.3) is 10.8 Å². The number of benzene rings is 4. The van der Waals surface area contributed by atoms with Crippen molar-refractivity contribution in [3.05, 3.63) is 106 Å².